The number of allylic oxidation sites excluding steroid dienone is 1. The number of ether oxygens (including phenoxy) is 1. The molecule has 0 radical (unpaired) electrons. The quantitative estimate of drug-likeness (QED) is 0.852. The first kappa shape index (κ1) is 11.7. The number of rotatable bonds is 2. The fourth-order valence-electron chi connectivity index (χ4n) is 2.30. The maximum absolute atomic E-state index is 11.3. The molecule has 2 rings (SSSR count). The predicted octanol–water partition coefficient (Wildman–Crippen LogP) is 2.81. The maximum Gasteiger partial charge on any atom is 0.335 e. The molecule has 0 aromatic heterocycles. The van der Waals surface area contributed by atoms with E-state index in [-0.39, 0.29) is 0 Å². The van der Waals surface area contributed by atoms with Crippen LogP contribution in [0.25, 0.3) is 5.57 Å². The van der Waals surface area contributed by atoms with E-state index in [1.165, 1.54) is 0 Å². The molecule has 1 aliphatic rings. The van der Waals surface area contributed by atoms with Gasteiger partial charge in [-0.15, -0.1) is 0 Å². The topological polar surface area (TPSA) is 46.5 Å². The van der Waals surface area contributed by atoms with E-state index in [0.717, 1.165) is 41.7 Å². The molecule has 0 amide bonds. The SMILES string of the molecule is COc1cc(C)cc2c1CCCC=C2C(=O)O. The Labute approximate surface area is 101 Å². The lowest BCUT2D eigenvalue weighted by atomic mass is 9.96. The van der Waals surface area contributed by atoms with Gasteiger partial charge in [0.25, 0.3) is 0 Å². The van der Waals surface area contributed by atoms with Crippen molar-refractivity contribution in [2.24, 2.45) is 0 Å². The molecule has 0 bridgehead atoms. The second kappa shape index (κ2) is 4.62. The summed E-state index contributed by atoms with van der Waals surface area (Å²) >= 11 is 0. The highest BCUT2D eigenvalue weighted by Gasteiger charge is 2.20. The van der Waals surface area contributed by atoms with Crippen molar-refractivity contribution in [1.82, 2.24) is 0 Å². The Morgan fingerprint density at radius 1 is 1.41 bits per heavy atom. The Morgan fingerprint density at radius 3 is 2.82 bits per heavy atom. The molecule has 0 fully saturated rings. The molecule has 90 valence electrons. The molecule has 17 heavy (non-hydrogen) atoms. The van der Waals surface area contributed by atoms with Crippen molar-refractivity contribution < 1.29 is 14.6 Å². The standard InChI is InChI=1S/C14H16O3/c1-9-7-12-10(13(8-9)17-2)5-3-4-6-11(12)14(15)16/h6-8H,3-5H2,1-2H3,(H,15,16). The average Bonchev–Trinajstić information content (AvgIpc) is 2.49. The number of aryl methyl sites for hydroxylation is 1. The van der Waals surface area contributed by atoms with Crippen molar-refractivity contribution in [3.8, 4) is 5.75 Å². The molecule has 0 saturated heterocycles. The lowest BCUT2D eigenvalue weighted by Gasteiger charge is -2.13. The molecule has 1 aromatic carbocycles. The third-order valence-corrected chi connectivity index (χ3v) is 3.07. The Kier molecular flexibility index (Phi) is 3.18. The van der Waals surface area contributed by atoms with E-state index < -0.39 is 5.97 Å². The molecule has 0 spiro atoms. The first-order chi connectivity index (χ1) is 8.13. The molecule has 3 nitrogen and oxygen atoms in total. The molecule has 0 saturated carbocycles. The smallest absolute Gasteiger partial charge is 0.335 e. The van der Waals surface area contributed by atoms with E-state index >= 15 is 0 Å². The second-order valence-corrected chi connectivity index (χ2v) is 4.31. The molecule has 0 aliphatic heterocycles. The van der Waals surface area contributed by atoms with E-state index in [9.17, 15) is 9.90 Å². The number of benzene rings is 1. The molecule has 1 N–H and O–H groups in total. The summed E-state index contributed by atoms with van der Waals surface area (Å²) in [7, 11) is 1.63. The lowest BCUT2D eigenvalue weighted by Crippen LogP contribution is -2.04. The van der Waals surface area contributed by atoms with Crippen LogP contribution in [0, 0.1) is 6.92 Å². The summed E-state index contributed by atoms with van der Waals surface area (Å²) in [6.45, 7) is 1.95. The third-order valence-electron chi connectivity index (χ3n) is 3.07. The zero-order valence-corrected chi connectivity index (χ0v) is 10.1. The van der Waals surface area contributed by atoms with Gasteiger partial charge < -0.3 is 9.84 Å². The van der Waals surface area contributed by atoms with Crippen LogP contribution in [0.2, 0.25) is 0 Å². The third kappa shape index (κ3) is 2.18. The van der Waals surface area contributed by atoms with E-state index in [1.54, 1.807) is 7.11 Å². The zero-order valence-electron chi connectivity index (χ0n) is 10.1. The summed E-state index contributed by atoms with van der Waals surface area (Å²) in [4.78, 5) is 11.3. The number of hydrogen-bond donors (Lipinski definition) is 1. The highest BCUT2D eigenvalue weighted by Crippen LogP contribution is 2.33. The number of fused-ring (bicyclic) bond motifs is 1. The molecule has 0 unspecified atom stereocenters. The monoisotopic (exact) mass is 232 g/mol. The van der Waals surface area contributed by atoms with Gasteiger partial charge in [-0.1, -0.05) is 12.1 Å². The molecular formula is C14H16O3. The van der Waals surface area contributed by atoms with Gasteiger partial charge in [0.1, 0.15) is 5.75 Å². The molecule has 1 aliphatic carbocycles. The van der Waals surface area contributed by atoms with E-state index in [1.807, 2.05) is 25.1 Å². The van der Waals surface area contributed by atoms with Gasteiger partial charge in [0.2, 0.25) is 0 Å². The summed E-state index contributed by atoms with van der Waals surface area (Å²) in [5.74, 6) is -0.0603. The fourth-order valence-corrected chi connectivity index (χ4v) is 2.30. The van der Waals surface area contributed by atoms with Crippen molar-refractivity contribution in [1.29, 1.82) is 0 Å². The summed E-state index contributed by atoms with van der Waals surface area (Å²) in [6, 6.07) is 3.90. The van der Waals surface area contributed by atoms with Gasteiger partial charge in [0, 0.05) is 5.56 Å². The summed E-state index contributed by atoms with van der Waals surface area (Å²) in [5, 5.41) is 9.26. The van der Waals surface area contributed by atoms with Crippen LogP contribution in [-0.4, -0.2) is 18.2 Å². The minimum atomic E-state index is -0.860. The fraction of sp³-hybridized carbons (Fsp3) is 0.357. The van der Waals surface area contributed by atoms with Crippen molar-refractivity contribution in [3.05, 3.63) is 34.9 Å². The Bertz CT molecular complexity index is 486. The van der Waals surface area contributed by atoms with Crippen molar-refractivity contribution in [3.63, 3.8) is 0 Å². The van der Waals surface area contributed by atoms with Gasteiger partial charge in [0.05, 0.1) is 12.7 Å². The van der Waals surface area contributed by atoms with Crippen LogP contribution < -0.4 is 4.74 Å². The van der Waals surface area contributed by atoms with E-state index in [0.29, 0.717) is 5.57 Å². The van der Waals surface area contributed by atoms with E-state index in [4.69, 9.17) is 4.74 Å². The average molecular weight is 232 g/mol. The lowest BCUT2D eigenvalue weighted by molar-refractivity contribution is -0.130. The largest absolute Gasteiger partial charge is 0.496 e. The Hall–Kier alpha value is -1.77. The van der Waals surface area contributed by atoms with Crippen LogP contribution in [-0.2, 0) is 11.2 Å². The molecule has 0 heterocycles. The van der Waals surface area contributed by atoms with Gasteiger partial charge in [-0.3, -0.25) is 0 Å². The van der Waals surface area contributed by atoms with Crippen LogP contribution in [0.3, 0.4) is 0 Å². The molecular weight excluding hydrogens is 216 g/mol. The predicted molar refractivity (Wildman–Crippen MR) is 66.3 cm³/mol. The van der Waals surface area contributed by atoms with Crippen LogP contribution in [0.15, 0.2) is 18.2 Å². The number of aliphatic carboxylic acids is 1. The first-order valence-corrected chi connectivity index (χ1v) is 5.75. The van der Waals surface area contributed by atoms with Gasteiger partial charge >= 0.3 is 5.97 Å². The summed E-state index contributed by atoms with van der Waals surface area (Å²) in [5.41, 5.74) is 3.25. The van der Waals surface area contributed by atoms with Gasteiger partial charge in [-0.2, -0.15) is 0 Å². The Morgan fingerprint density at radius 2 is 2.18 bits per heavy atom. The van der Waals surface area contributed by atoms with Crippen molar-refractivity contribution >= 4 is 11.5 Å². The van der Waals surface area contributed by atoms with Crippen molar-refractivity contribution in [2.75, 3.05) is 7.11 Å². The van der Waals surface area contributed by atoms with E-state index in [2.05, 4.69) is 0 Å². The van der Waals surface area contributed by atoms with Crippen LogP contribution in [0.4, 0.5) is 0 Å². The van der Waals surface area contributed by atoms with Gasteiger partial charge in [0.15, 0.2) is 0 Å². The zero-order chi connectivity index (χ0) is 12.4. The first-order valence-electron chi connectivity index (χ1n) is 5.75. The molecule has 3 heteroatoms. The van der Waals surface area contributed by atoms with Gasteiger partial charge in [-0.05, 0) is 43.4 Å². The highest BCUT2D eigenvalue weighted by atomic mass is 16.5. The summed E-state index contributed by atoms with van der Waals surface area (Å²) in [6.07, 6.45) is 4.45. The number of carbonyl (C=O) groups is 1. The minimum absolute atomic E-state index is 0.402. The highest BCUT2D eigenvalue weighted by molar-refractivity contribution is 6.16. The maximum atomic E-state index is 11.3. The number of methoxy groups -OCH3 is 1. The normalized spacial score (nSPS) is 14.6. The number of hydrogen-bond acceptors (Lipinski definition) is 2. The van der Waals surface area contributed by atoms with Gasteiger partial charge in [-0.25, -0.2) is 4.79 Å². The molecule has 0 atom stereocenters. The Balaban J connectivity index is 2.65. The number of carboxylic acid groups (broad SMARTS) is 1. The summed E-state index contributed by atoms with van der Waals surface area (Å²) < 4.78 is 5.36. The minimum Gasteiger partial charge on any atom is -0.496 e. The number of carboxylic acids is 1. The van der Waals surface area contributed by atoms with Crippen LogP contribution in [0.1, 0.15) is 29.5 Å². The molecule has 1 aromatic rings. The second-order valence-electron chi connectivity index (χ2n) is 4.31. The van der Waals surface area contributed by atoms with Crippen LogP contribution in [0.5, 0.6) is 5.75 Å². The van der Waals surface area contributed by atoms with Crippen LogP contribution >= 0.6 is 0 Å². The van der Waals surface area contributed by atoms with Crippen molar-refractivity contribution in [2.45, 2.75) is 26.2 Å².